The normalized spacial score (nSPS) is 11.5. The van der Waals surface area contributed by atoms with Crippen molar-refractivity contribution < 1.29 is 17.5 Å². The monoisotopic (exact) mass is 338 g/mol. The highest BCUT2D eigenvalue weighted by molar-refractivity contribution is 7.92. The van der Waals surface area contributed by atoms with Gasteiger partial charge in [-0.15, -0.1) is 0 Å². The third-order valence-corrected chi connectivity index (χ3v) is 4.89. The molecule has 2 aromatic rings. The van der Waals surface area contributed by atoms with Crippen LogP contribution in [0.3, 0.4) is 0 Å². The maximum Gasteiger partial charge on any atom is 0.265 e. The van der Waals surface area contributed by atoms with Gasteiger partial charge in [0.15, 0.2) is 0 Å². The number of nitrogens with zero attached hydrogens (tertiary/aromatic N) is 2. The maximum atomic E-state index is 13.1. The highest BCUT2D eigenvalue weighted by Gasteiger charge is 2.27. The van der Waals surface area contributed by atoms with E-state index in [2.05, 4.69) is 4.98 Å². The number of anilines is 1. The minimum absolute atomic E-state index is 0.0177. The van der Waals surface area contributed by atoms with Gasteiger partial charge in [-0.3, -0.25) is 0 Å². The van der Waals surface area contributed by atoms with Crippen molar-refractivity contribution in [2.24, 2.45) is 5.92 Å². The molecule has 2 rings (SSSR count). The minimum Gasteiger partial charge on any atom is -0.481 e. The molecule has 23 heavy (non-hydrogen) atoms. The molecule has 1 aromatic heterocycles. The molecule has 0 N–H and O–H groups in total. The van der Waals surface area contributed by atoms with Gasteiger partial charge in [-0.1, -0.05) is 19.9 Å². The first-order chi connectivity index (χ1) is 10.8. The molecule has 0 atom stereocenters. The Labute approximate surface area is 135 Å². The van der Waals surface area contributed by atoms with Crippen molar-refractivity contribution in [3.8, 4) is 5.88 Å². The van der Waals surface area contributed by atoms with Crippen LogP contribution in [-0.2, 0) is 10.0 Å². The highest BCUT2D eigenvalue weighted by Crippen LogP contribution is 2.25. The second-order valence-electron chi connectivity index (χ2n) is 5.42. The summed E-state index contributed by atoms with van der Waals surface area (Å²) in [4.78, 5) is 4.22. The zero-order valence-electron chi connectivity index (χ0n) is 13.2. The van der Waals surface area contributed by atoms with Gasteiger partial charge in [0.1, 0.15) is 11.6 Å². The smallest absolute Gasteiger partial charge is 0.265 e. The van der Waals surface area contributed by atoms with E-state index >= 15 is 0 Å². The first kappa shape index (κ1) is 17.2. The molecule has 124 valence electrons. The van der Waals surface area contributed by atoms with Crippen LogP contribution in [0.4, 0.5) is 10.2 Å². The van der Waals surface area contributed by atoms with Crippen LogP contribution in [0.5, 0.6) is 5.88 Å². The van der Waals surface area contributed by atoms with Crippen LogP contribution in [0.25, 0.3) is 0 Å². The average molecular weight is 338 g/mol. The SMILES string of the molecule is COc1cccc(N(CC(C)C)S(=O)(=O)c2ccc(F)cc2)n1. The van der Waals surface area contributed by atoms with Crippen LogP contribution < -0.4 is 9.04 Å². The lowest BCUT2D eigenvalue weighted by atomic mass is 10.2. The van der Waals surface area contributed by atoms with E-state index in [4.69, 9.17) is 4.74 Å². The fraction of sp³-hybridized carbons (Fsp3) is 0.312. The number of hydrogen-bond donors (Lipinski definition) is 0. The molecule has 1 heterocycles. The number of halogens is 1. The second-order valence-corrected chi connectivity index (χ2v) is 7.28. The molecule has 0 fully saturated rings. The van der Waals surface area contributed by atoms with Crippen LogP contribution in [0.2, 0.25) is 0 Å². The summed E-state index contributed by atoms with van der Waals surface area (Å²) in [5, 5.41) is 0. The van der Waals surface area contributed by atoms with E-state index in [-0.39, 0.29) is 23.2 Å². The molecule has 0 saturated heterocycles. The van der Waals surface area contributed by atoms with Crippen LogP contribution >= 0.6 is 0 Å². The average Bonchev–Trinajstić information content (AvgIpc) is 2.52. The molecular weight excluding hydrogens is 319 g/mol. The number of pyridine rings is 1. The predicted molar refractivity (Wildman–Crippen MR) is 86.6 cm³/mol. The number of aromatic nitrogens is 1. The van der Waals surface area contributed by atoms with E-state index < -0.39 is 15.8 Å². The van der Waals surface area contributed by atoms with Gasteiger partial charge < -0.3 is 4.74 Å². The fourth-order valence-corrected chi connectivity index (χ4v) is 3.61. The maximum absolute atomic E-state index is 13.1. The van der Waals surface area contributed by atoms with E-state index in [1.54, 1.807) is 18.2 Å². The predicted octanol–water partition coefficient (Wildman–Crippen LogP) is 3.08. The Morgan fingerprint density at radius 2 is 1.83 bits per heavy atom. The Morgan fingerprint density at radius 3 is 2.39 bits per heavy atom. The molecule has 0 bridgehead atoms. The summed E-state index contributed by atoms with van der Waals surface area (Å²) >= 11 is 0. The zero-order chi connectivity index (χ0) is 17.0. The quantitative estimate of drug-likeness (QED) is 0.812. The first-order valence-corrected chi connectivity index (χ1v) is 8.58. The van der Waals surface area contributed by atoms with Crippen LogP contribution in [0, 0.1) is 11.7 Å². The van der Waals surface area contributed by atoms with Crippen molar-refractivity contribution in [3.05, 3.63) is 48.3 Å². The standard InChI is InChI=1S/C16H19FN2O3S/c1-12(2)11-19(15-5-4-6-16(18-15)22-3)23(20,21)14-9-7-13(17)8-10-14/h4-10,12H,11H2,1-3H3. The summed E-state index contributed by atoms with van der Waals surface area (Å²) in [6.07, 6.45) is 0. The number of benzene rings is 1. The largest absolute Gasteiger partial charge is 0.481 e. The topological polar surface area (TPSA) is 59.5 Å². The first-order valence-electron chi connectivity index (χ1n) is 7.14. The molecular formula is C16H19FN2O3S. The molecule has 1 aromatic carbocycles. The highest BCUT2D eigenvalue weighted by atomic mass is 32.2. The Bertz CT molecular complexity index is 761. The number of hydrogen-bond acceptors (Lipinski definition) is 4. The Balaban J connectivity index is 2.50. The van der Waals surface area contributed by atoms with Gasteiger partial charge in [0.2, 0.25) is 5.88 Å². The number of rotatable bonds is 6. The van der Waals surface area contributed by atoms with E-state index in [0.29, 0.717) is 5.88 Å². The molecule has 5 nitrogen and oxygen atoms in total. The van der Waals surface area contributed by atoms with E-state index in [0.717, 1.165) is 12.1 Å². The van der Waals surface area contributed by atoms with E-state index in [9.17, 15) is 12.8 Å². The summed E-state index contributed by atoms with van der Waals surface area (Å²) in [6, 6.07) is 9.66. The molecule has 0 amide bonds. The van der Waals surface area contributed by atoms with Gasteiger partial charge >= 0.3 is 0 Å². The molecule has 0 radical (unpaired) electrons. The van der Waals surface area contributed by atoms with Crippen molar-refractivity contribution >= 4 is 15.8 Å². The summed E-state index contributed by atoms with van der Waals surface area (Å²) < 4.78 is 45.2. The van der Waals surface area contributed by atoms with Crippen LogP contribution in [0.1, 0.15) is 13.8 Å². The van der Waals surface area contributed by atoms with E-state index in [1.807, 2.05) is 13.8 Å². The lowest BCUT2D eigenvalue weighted by Gasteiger charge is -2.25. The van der Waals surface area contributed by atoms with Crippen LogP contribution in [0.15, 0.2) is 47.4 Å². The number of ether oxygens (including phenoxy) is 1. The van der Waals surface area contributed by atoms with Gasteiger partial charge in [-0.2, -0.15) is 4.98 Å². The number of sulfonamides is 1. The zero-order valence-corrected chi connectivity index (χ0v) is 14.0. The van der Waals surface area contributed by atoms with Gasteiger partial charge in [-0.05, 0) is 36.2 Å². The molecule has 0 spiro atoms. The van der Waals surface area contributed by atoms with Gasteiger partial charge in [0, 0.05) is 12.6 Å². The summed E-state index contributed by atoms with van der Waals surface area (Å²) in [7, 11) is -2.38. The molecule has 0 unspecified atom stereocenters. The molecule has 7 heteroatoms. The fourth-order valence-electron chi connectivity index (χ4n) is 2.04. The van der Waals surface area contributed by atoms with Crippen molar-refractivity contribution in [1.82, 2.24) is 4.98 Å². The minimum atomic E-state index is -3.84. The van der Waals surface area contributed by atoms with Crippen molar-refractivity contribution in [3.63, 3.8) is 0 Å². The van der Waals surface area contributed by atoms with Gasteiger partial charge in [0.25, 0.3) is 10.0 Å². The molecule has 0 saturated carbocycles. The van der Waals surface area contributed by atoms with Crippen molar-refractivity contribution in [2.45, 2.75) is 18.7 Å². The van der Waals surface area contributed by atoms with E-state index in [1.165, 1.54) is 23.5 Å². The Kier molecular flexibility index (Phi) is 5.20. The molecule has 0 aliphatic heterocycles. The molecule has 0 aliphatic carbocycles. The Morgan fingerprint density at radius 1 is 1.17 bits per heavy atom. The third-order valence-electron chi connectivity index (χ3n) is 3.11. The Hall–Kier alpha value is -2.15. The third kappa shape index (κ3) is 3.98. The van der Waals surface area contributed by atoms with Gasteiger partial charge in [-0.25, -0.2) is 17.1 Å². The number of methoxy groups -OCH3 is 1. The second kappa shape index (κ2) is 6.95. The summed E-state index contributed by atoms with van der Waals surface area (Å²) in [5.74, 6) is 0.185. The lowest BCUT2D eigenvalue weighted by Crippen LogP contribution is -2.35. The summed E-state index contributed by atoms with van der Waals surface area (Å²) in [6.45, 7) is 4.07. The molecule has 0 aliphatic rings. The van der Waals surface area contributed by atoms with Crippen molar-refractivity contribution in [1.29, 1.82) is 0 Å². The van der Waals surface area contributed by atoms with Gasteiger partial charge in [0.05, 0.1) is 12.0 Å². The van der Waals surface area contributed by atoms with Crippen molar-refractivity contribution in [2.75, 3.05) is 18.0 Å². The summed E-state index contributed by atoms with van der Waals surface area (Å²) in [5.41, 5.74) is 0. The van der Waals surface area contributed by atoms with Crippen LogP contribution in [-0.4, -0.2) is 27.1 Å². The lowest BCUT2D eigenvalue weighted by molar-refractivity contribution is 0.398.